The van der Waals surface area contributed by atoms with E-state index in [1.165, 1.54) is 43.5 Å². The van der Waals surface area contributed by atoms with E-state index in [9.17, 15) is 0 Å². The van der Waals surface area contributed by atoms with Crippen LogP contribution >= 0.6 is 0 Å². The van der Waals surface area contributed by atoms with Crippen LogP contribution in [0.25, 0.3) is 72.6 Å². The molecule has 0 aliphatic rings. The zero-order valence-electron chi connectivity index (χ0n) is 42.8. The maximum atomic E-state index is 7.44. The van der Waals surface area contributed by atoms with Crippen molar-refractivity contribution in [3.05, 3.63) is 162 Å². The van der Waals surface area contributed by atoms with Crippen LogP contribution in [-0.2, 0) is 25.5 Å². The minimum Gasteiger partial charge on any atom is 0 e. The molecule has 0 spiro atoms. The van der Waals surface area contributed by atoms with E-state index >= 15 is 0 Å². The number of benzene rings is 5. The van der Waals surface area contributed by atoms with Gasteiger partial charge in [0.05, 0.1) is 16.9 Å². The average molecular weight is 1100 g/mol. The van der Waals surface area contributed by atoms with Crippen molar-refractivity contribution in [2.45, 2.75) is 110 Å². The molecular formula is C58H62GeIrN4O-2. The first-order valence-corrected chi connectivity index (χ1v) is 29.9. The van der Waals surface area contributed by atoms with Crippen LogP contribution in [0.5, 0.6) is 0 Å². The van der Waals surface area contributed by atoms with Crippen molar-refractivity contribution in [2.24, 2.45) is 0 Å². The minimum atomic E-state index is -2.09. The molecule has 0 N–H and O–H groups in total. The van der Waals surface area contributed by atoms with Crippen LogP contribution in [0.1, 0.15) is 112 Å². The van der Waals surface area contributed by atoms with Crippen LogP contribution in [-0.4, -0.2) is 32.8 Å². The molecule has 335 valence electrons. The summed E-state index contributed by atoms with van der Waals surface area (Å²) in [6.07, 6.45) is 4.00. The van der Waals surface area contributed by atoms with E-state index in [0.717, 1.165) is 50.1 Å². The predicted molar refractivity (Wildman–Crippen MR) is 273 cm³/mol. The van der Waals surface area contributed by atoms with Gasteiger partial charge in [0.1, 0.15) is 5.58 Å². The Labute approximate surface area is 407 Å². The van der Waals surface area contributed by atoms with Crippen molar-refractivity contribution in [1.82, 2.24) is 19.5 Å². The number of aryl methyl sites for hydroxylation is 1. The first-order chi connectivity index (χ1) is 31.6. The van der Waals surface area contributed by atoms with E-state index in [1.54, 1.807) is 18.2 Å². The fraction of sp³-hybridized carbons (Fsp3) is 0.293. The number of hydrogen-bond donors (Lipinski definition) is 0. The molecule has 7 heteroatoms. The Kier molecular flexibility index (Phi) is 12.8. The van der Waals surface area contributed by atoms with Gasteiger partial charge in [0.2, 0.25) is 0 Å². The van der Waals surface area contributed by atoms with Crippen LogP contribution in [0.2, 0.25) is 17.3 Å². The molecule has 4 heterocycles. The summed E-state index contributed by atoms with van der Waals surface area (Å²) in [4.78, 5) is 14.8. The standard InChI is InChI=1S/C40H38N3O.C18H24GeN.Ir/c1-24(2)32-20-27(26-14-9-8-10-15-26)21-33(25(3)4)36(32)43-34-22-28(40(5,6)7)23-41-38(34)42-39(43)31-18-13-17-30-29-16-11-12-19-35(29)44-37(30)31;1-13(2)16-11-18(15-9-7-14(3)8-10-15)20-12-17(16)19(4,5)6;/h8-17,19-25H,1-7H3;7-9,11-13H,1-6H3;/q2*-1;/i;3D3;. The van der Waals surface area contributed by atoms with Gasteiger partial charge >= 0.3 is 130 Å². The first-order valence-electron chi connectivity index (χ1n) is 24.1. The van der Waals surface area contributed by atoms with E-state index < -0.39 is 20.1 Å². The molecule has 5 nitrogen and oxygen atoms in total. The summed E-state index contributed by atoms with van der Waals surface area (Å²) in [6, 6.07) is 43.7. The number of fused-ring (bicyclic) bond motifs is 4. The number of pyridine rings is 2. The Bertz CT molecular complexity index is 3200. The SMILES string of the molecule is CC(C)c1cc(-c2ccccc2)cc(C(C)C)c1-n1c(-c2[c-]ccc3c2oc2ccccc23)nc2ncc(C(C)(C)C)cc21.[2H]C([2H])([2H])c1c[c-]c(-c2cc(C(C)C)[c]([Ge]([CH3])([CH3])[CH3])cn2)cc1.[Ir]. The van der Waals surface area contributed by atoms with Gasteiger partial charge in [0, 0.05) is 37.4 Å². The number of hydrogen-bond acceptors (Lipinski definition) is 4. The Balaban J connectivity index is 0.000000242. The van der Waals surface area contributed by atoms with Crippen molar-refractivity contribution in [3.8, 4) is 39.5 Å². The summed E-state index contributed by atoms with van der Waals surface area (Å²) in [5.41, 5.74) is 14.8. The van der Waals surface area contributed by atoms with E-state index in [2.05, 4.69) is 174 Å². The molecule has 0 saturated heterocycles. The van der Waals surface area contributed by atoms with Gasteiger partial charge in [-0.05, 0) is 69.3 Å². The Morgan fingerprint density at radius 1 is 0.708 bits per heavy atom. The van der Waals surface area contributed by atoms with E-state index in [4.69, 9.17) is 18.5 Å². The molecule has 9 rings (SSSR count). The normalized spacial score (nSPS) is 12.9. The second kappa shape index (κ2) is 19.0. The van der Waals surface area contributed by atoms with Gasteiger partial charge in [-0.3, -0.25) is 4.98 Å². The summed E-state index contributed by atoms with van der Waals surface area (Å²) < 4.78 is 32.6. The molecule has 0 unspecified atom stereocenters. The minimum absolute atomic E-state index is 0. The number of aromatic nitrogens is 4. The Hall–Kier alpha value is -5.14. The van der Waals surface area contributed by atoms with Gasteiger partial charge in [-0.15, -0.1) is 18.2 Å². The number of para-hydroxylation sites is 1. The zero-order valence-corrected chi connectivity index (χ0v) is 44.3. The van der Waals surface area contributed by atoms with Gasteiger partial charge in [0.25, 0.3) is 0 Å². The molecule has 5 aromatic carbocycles. The van der Waals surface area contributed by atoms with Crippen LogP contribution in [0.4, 0.5) is 0 Å². The second-order valence-corrected chi connectivity index (χ2v) is 30.6. The third-order valence-electron chi connectivity index (χ3n) is 12.1. The number of furan rings is 1. The van der Waals surface area contributed by atoms with Crippen LogP contribution in [0.15, 0.2) is 126 Å². The Morgan fingerprint density at radius 2 is 1.38 bits per heavy atom. The number of imidazole rings is 1. The predicted octanol–water partition coefficient (Wildman–Crippen LogP) is 15.5. The molecule has 0 saturated carbocycles. The molecular weight excluding hydrogens is 1030 g/mol. The van der Waals surface area contributed by atoms with E-state index in [0.29, 0.717) is 17.1 Å². The topological polar surface area (TPSA) is 56.7 Å². The summed E-state index contributed by atoms with van der Waals surface area (Å²) >= 11 is -1.97. The van der Waals surface area contributed by atoms with Crippen LogP contribution in [0, 0.1) is 19.0 Å². The van der Waals surface area contributed by atoms with Crippen molar-refractivity contribution in [1.29, 1.82) is 0 Å². The molecule has 1 radical (unpaired) electrons. The van der Waals surface area contributed by atoms with Crippen molar-refractivity contribution in [2.75, 3.05) is 0 Å². The molecule has 4 aromatic heterocycles. The summed E-state index contributed by atoms with van der Waals surface area (Å²) in [7, 11) is 0. The summed E-state index contributed by atoms with van der Waals surface area (Å²) in [5.74, 6) is 8.89. The molecule has 0 bridgehead atoms. The second-order valence-electron chi connectivity index (χ2n) is 20.0. The van der Waals surface area contributed by atoms with E-state index in [1.807, 2.05) is 30.6 Å². The number of nitrogens with zero attached hydrogens (tertiary/aromatic N) is 4. The largest absolute Gasteiger partial charge is 0 e. The smallest absolute Gasteiger partial charge is 0 e. The molecule has 0 aliphatic heterocycles. The Morgan fingerprint density at radius 3 is 2.00 bits per heavy atom. The molecule has 65 heavy (non-hydrogen) atoms. The first kappa shape index (κ1) is 43.7. The molecule has 9 aromatic rings. The fourth-order valence-corrected chi connectivity index (χ4v) is 12.1. The van der Waals surface area contributed by atoms with Crippen molar-refractivity contribution in [3.63, 3.8) is 0 Å². The van der Waals surface area contributed by atoms with Gasteiger partial charge in [-0.25, -0.2) is 4.98 Å². The van der Waals surface area contributed by atoms with Crippen LogP contribution in [0.3, 0.4) is 0 Å². The van der Waals surface area contributed by atoms with Crippen LogP contribution < -0.4 is 4.40 Å². The van der Waals surface area contributed by atoms with Gasteiger partial charge < -0.3 is 8.98 Å². The molecule has 0 atom stereocenters. The molecule has 0 fully saturated rings. The summed E-state index contributed by atoms with van der Waals surface area (Å²) in [6.45, 7) is 18.1. The maximum absolute atomic E-state index is 7.44. The summed E-state index contributed by atoms with van der Waals surface area (Å²) in [5, 5.41) is 2.15. The van der Waals surface area contributed by atoms with Gasteiger partial charge in [-0.1, -0.05) is 108 Å². The van der Waals surface area contributed by atoms with Gasteiger partial charge in [0.15, 0.2) is 5.65 Å². The zero-order chi connectivity index (χ0) is 48.2. The van der Waals surface area contributed by atoms with Crippen molar-refractivity contribution < 1.29 is 28.6 Å². The average Bonchev–Trinajstić information content (AvgIpc) is 3.86. The third-order valence-corrected chi connectivity index (χ3v) is 16.4. The maximum Gasteiger partial charge on any atom is 0 e. The van der Waals surface area contributed by atoms with Gasteiger partial charge in [-0.2, -0.15) is 0 Å². The fourth-order valence-electron chi connectivity index (χ4n) is 8.54. The van der Waals surface area contributed by atoms with E-state index in [-0.39, 0.29) is 37.4 Å². The quantitative estimate of drug-likeness (QED) is 0.112. The monoisotopic (exact) mass is 1100 g/mol. The van der Waals surface area contributed by atoms with Crippen molar-refractivity contribution >= 4 is 50.8 Å². The molecule has 0 aliphatic carbocycles. The third kappa shape index (κ3) is 9.73. The number of rotatable bonds is 8. The molecule has 0 amide bonds.